The van der Waals surface area contributed by atoms with Crippen molar-refractivity contribution in [3.8, 4) is 0 Å². The smallest absolute Gasteiger partial charge is 0.407 e. The van der Waals surface area contributed by atoms with Crippen molar-refractivity contribution in [2.75, 3.05) is 30.5 Å². The number of carbonyl (C=O) groups is 2. The molecule has 0 saturated heterocycles. The van der Waals surface area contributed by atoms with Crippen LogP contribution in [-0.2, 0) is 14.3 Å². The molecule has 1 aliphatic rings. The summed E-state index contributed by atoms with van der Waals surface area (Å²) in [4.78, 5) is 28.9. The van der Waals surface area contributed by atoms with Gasteiger partial charge in [-0.1, -0.05) is 0 Å². The minimum absolute atomic E-state index is 0.0560. The molecule has 0 spiro atoms. The van der Waals surface area contributed by atoms with Crippen molar-refractivity contribution in [3.63, 3.8) is 0 Å². The summed E-state index contributed by atoms with van der Waals surface area (Å²) < 4.78 is 10.5. The number of carbonyl (C=O) groups excluding carboxylic acids is 2. The number of anilines is 3. The van der Waals surface area contributed by atoms with E-state index < -0.39 is 0 Å². The highest BCUT2D eigenvalue weighted by Gasteiger charge is 2.30. The predicted octanol–water partition coefficient (Wildman–Crippen LogP) is 2.93. The van der Waals surface area contributed by atoms with Crippen LogP contribution >= 0.6 is 0 Å². The molecular weight excluding hydrogens is 400 g/mol. The van der Waals surface area contributed by atoms with Crippen molar-refractivity contribution in [3.05, 3.63) is 30.1 Å². The van der Waals surface area contributed by atoms with Gasteiger partial charge in [0.05, 0.1) is 18.5 Å². The Bertz CT molecular complexity index is 854. The van der Waals surface area contributed by atoms with Gasteiger partial charge in [0.2, 0.25) is 6.41 Å². The SMILES string of the molecule is COCCN(C=O)c1ccc(Nc2cc([C@H]3CC[C@@H](OC(=O)NC(C)C)C3)[nH]n2)nc1. The van der Waals surface area contributed by atoms with Crippen molar-refractivity contribution in [2.24, 2.45) is 0 Å². The Balaban J connectivity index is 1.53. The van der Waals surface area contributed by atoms with E-state index in [1.807, 2.05) is 26.0 Å². The lowest BCUT2D eigenvalue weighted by Gasteiger charge is -2.16. The maximum atomic E-state index is 11.8. The van der Waals surface area contributed by atoms with Crippen molar-refractivity contribution in [2.45, 2.75) is 51.2 Å². The average molecular weight is 431 g/mol. The highest BCUT2D eigenvalue weighted by atomic mass is 16.6. The lowest BCUT2D eigenvalue weighted by Crippen LogP contribution is -2.33. The number of ether oxygens (including phenoxy) is 2. The second-order valence-corrected chi connectivity index (χ2v) is 7.86. The van der Waals surface area contributed by atoms with Crippen molar-refractivity contribution < 1.29 is 19.1 Å². The first-order valence-corrected chi connectivity index (χ1v) is 10.4. The molecule has 10 nitrogen and oxygen atoms in total. The van der Waals surface area contributed by atoms with E-state index in [1.54, 1.807) is 19.4 Å². The monoisotopic (exact) mass is 430 g/mol. The summed E-state index contributed by atoms with van der Waals surface area (Å²) >= 11 is 0. The molecule has 0 bridgehead atoms. The minimum atomic E-state index is -0.363. The van der Waals surface area contributed by atoms with Crippen molar-refractivity contribution in [1.29, 1.82) is 0 Å². The Morgan fingerprint density at radius 1 is 1.35 bits per heavy atom. The number of amides is 2. The van der Waals surface area contributed by atoms with Crippen LogP contribution in [0.2, 0.25) is 0 Å². The van der Waals surface area contributed by atoms with Gasteiger partial charge in [-0.2, -0.15) is 5.10 Å². The quantitative estimate of drug-likeness (QED) is 0.496. The Hall–Kier alpha value is -3.14. The number of aromatic amines is 1. The maximum absolute atomic E-state index is 11.8. The largest absolute Gasteiger partial charge is 0.446 e. The zero-order chi connectivity index (χ0) is 22.2. The number of nitrogens with zero attached hydrogens (tertiary/aromatic N) is 3. The molecule has 3 N–H and O–H groups in total. The molecule has 0 aromatic carbocycles. The van der Waals surface area contributed by atoms with E-state index in [2.05, 4.69) is 25.8 Å². The van der Waals surface area contributed by atoms with Crippen LogP contribution in [0.4, 0.5) is 22.1 Å². The molecule has 0 aliphatic heterocycles. The summed E-state index contributed by atoms with van der Waals surface area (Å²) in [6.07, 6.45) is 4.46. The number of methoxy groups -OCH3 is 1. The normalized spacial score (nSPS) is 18.1. The molecule has 31 heavy (non-hydrogen) atoms. The molecule has 2 atom stereocenters. The Kier molecular flexibility index (Phi) is 7.82. The van der Waals surface area contributed by atoms with Crippen molar-refractivity contribution in [1.82, 2.24) is 20.5 Å². The highest BCUT2D eigenvalue weighted by Crippen LogP contribution is 2.36. The first-order valence-electron chi connectivity index (χ1n) is 10.4. The van der Waals surface area contributed by atoms with Gasteiger partial charge in [-0.15, -0.1) is 0 Å². The van der Waals surface area contributed by atoms with Gasteiger partial charge in [0, 0.05) is 37.4 Å². The first-order chi connectivity index (χ1) is 15.0. The Morgan fingerprint density at radius 2 is 2.19 bits per heavy atom. The lowest BCUT2D eigenvalue weighted by molar-refractivity contribution is -0.107. The van der Waals surface area contributed by atoms with Crippen LogP contribution in [0.5, 0.6) is 0 Å². The van der Waals surface area contributed by atoms with Gasteiger partial charge in [0.25, 0.3) is 0 Å². The molecule has 1 fully saturated rings. The average Bonchev–Trinajstić information content (AvgIpc) is 3.38. The topological polar surface area (TPSA) is 121 Å². The third kappa shape index (κ3) is 6.42. The van der Waals surface area contributed by atoms with E-state index >= 15 is 0 Å². The summed E-state index contributed by atoms with van der Waals surface area (Å²) in [5.41, 5.74) is 1.69. The molecule has 2 aromatic heterocycles. The lowest BCUT2D eigenvalue weighted by atomic mass is 10.0. The predicted molar refractivity (Wildman–Crippen MR) is 117 cm³/mol. The number of nitrogens with one attached hydrogen (secondary N) is 3. The Labute approximate surface area is 181 Å². The van der Waals surface area contributed by atoms with Gasteiger partial charge in [0.15, 0.2) is 5.82 Å². The molecule has 1 saturated carbocycles. The van der Waals surface area contributed by atoms with E-state index in [4.69, 9.17) is 9.47 Å². The second kappa shape index (κ2) is 10.8. The van der Waals surface area contributed by atoms with Gasteiger partial charge in [-0.05, 0) is 45.2 Å². The maximum Gasteiger partial charge on any atom is 0.407 e. The summed E-state index contributed by atoms with van der Waals surface area (Å²) in [6.45, 7) is 4.71. The van der Waals surface area contributed by atoms with E-state index in [0.29, 0.717) is 30.5 Å². The van der Waals surface area contributed by atoms with E-state index in [0.717, 1.165) is 31.4 Å². The summed E-state index contributed by atoms with van der Waals surface area (Å²) in [5.74, 6) is 1.54. The number of hydrogen-bond donors (Lipinski definition) is 3. The van der Waals surface area contributed by atoms with Gasteiger partial charge < -0.3 is 25.0 Å². The molecule has 3 rings (SSSR count). The second-order valence-electron chi connectivity index (χ2n) is 7.86. The van der Waals surface area contributed by atoms with Crippen LogP contribution in [-0.4, -0.2) is 60.1 Å². The van der Waals surface area contributed by atoms with Gasteiger partial charge in [-0.25, -0.2) is 9.78 Å². The highest BCUT2D eigenvalue weighted by molar-refractivity contribution is 5.75. The first kappa shape index (κ1) is 22.5. The zero-order valence-electron chi connectivity index (χ0n) is 18.1. The van der Waals surface area contributed by atoms with Gasteiger partial charge in [0.1, 0.15) is 11.9 Å². The van der Waals surface area contributed by atoms with Crippen LogP contribution in [0.25, 0.3) is 0 Å². The van der Waals surface area contributed by atoms with E-state index in [-0.39, 0.29) is 24.2 Å². The van der Waals surface area contributed by atoms with Crippen LogP contribution in [0, 0.1) is 0 Å². The fourth-order valence-electron chi connectivity index (χ4n) is 3.55. The number of rotatable bonds is 10. The number of hydrogen-bond acceptors (Lipinski definition) is 7. The van der Waals surface area contributed by atoms with E-state index in [1.165, 1.54) is 4.90 Å². The molecule has 168 valence electrons. The third-order valence-corrected chi connectivity index (χ3v) is 5.10. The Morgan fingerprint density at radius 3 is 2.87 bits per heavy atom. The molecule has 0 radical (unpaired) electrons. The molecule has 1 aliphatic carbocycles. The molecule has 2 aromatic rings. The van der Waals surface area contributed by atoms with E-state index in [9.17, 15) is 9.59 Å². The molecule has 10 heteroatoms. The van der Waals surface area contributed by atoms with Crippen LogP contribution < -0.4 is 15.5 Å². The summed E-state index contributed by atoms with van der Waals surface area (Å²) in [6, 6.07) is 5.61. The molecule has 2 amide bonds. The fourth-order valence-corrected chi connectivity index (χ4v) is 3.55. The van der Waals surface area contributed by atoms with Crippen molar-refractivity contribution >= 4 is 29.8 Å². The fraction of sp³-hybridized carbons (Fsp3) is 0.524. The number of alkyl carbamates (subject to hydrolysis) is 1. The molecule has 2 heterocycles. The zero-order valence-corrected chi connectivity index (χ0v) is 18.1. The summed E-state index contributed by atoms with van der Waals surface area (Å²) in [7, 11) is 1.59. The third-order valence-electron chi connectivity index (χ3n) is 5.10. The molecular formula is C21H30N6O4. The van der Waals surface area contributed by atoms with Gasteiger partial charge >= 0.3 is 6.09 Å². The minimum Gasteiger partial charge on any atom is -0.446 e. The van der Waals surface area contributed by atoms with Crippen LogP contribution in [0.1, 0.15) is 44.7 Å². The van der Waals surface area contributed by atoms with Gasteiger partial charge in [-0.3, -0.25) is 9.89 Å². The number of aromatic nitrogens is 3. The number of H-pyrrole nitrogens is 1. The number of pyridine rings is 1. The van der Waals surface area contributed by atoms with Crippen LogP contribution in [0.15, 0.2) is 24.4 Å². The summed E-state index contributed by atoms with van der Waals surface area (Å²) in [5, 5.41) is 13.3. The van der Waals surface area contributed by atoms with Crippen LogP contribution in [0.3, 0.4) is 0 Å². The molecule has 0 unspecified atom stereocenters. The standard InChI is InChI=1S/C21H30N6O4/c1-14(2)23-21(29)31-17-6-4-15(10-17)18-11-20(26-25-18)24-19-7-5-16(12-22-19)27(13-28)8-9-30-3/h5,7,11-15,17H,4,6,8-10H2,1-3H3,(H,23,29)(H2,22,24,25,26)/t15-,17+/m0/s1.